The molecular weight excluding hydrogens is 442 g/mol. The number of aliphatic hydroxyl groups excluding tert-OH is 1. The van der Waals surface area contributed by atoms with Crippen molar-refractivity contribution >= 4 is 11.9 Å². The maximum absolute atomic E-state index is 12.6. The van der Waals surface area contributed by atoms with Crippen LogP contribution in [0.1, 0.15) is 75.8 Å². The minimum absolute atomic E-state index is 0.0672. The summed E-state index contributed by atoms with van der Waals surface area (Å²) in [5.74, 6) is 0.0499. The fourth-order valence-corrected chi connectivity index (χ4v) is 4.00. The predicted octanol–water partition coefficient (Wildman–Crippen LogP) is 5.84. The lowest BCUT2D eigenvalue weighted by Gasteiger charge is -2.18. The molecule has 0 fully saturated rings. The fourth-order valence-electron chi connectivity index (χ4n) is 4.00. The standard InChI is InChI=1S/C29H41NO5/c1-3-4-5-6-7-13-28(32)30(2)22-24-11-10-12-25(20-24)26-16-14-23(15-17-29(33)34)21-27(26)35-19-9-8-18-31/h10-12,14,16,20-21,31H,3-9,13,15,17-19,22H2,1-2H3,(H,33,34). The highest BCUT2D eigenvalue weighted by atomic mass is 16.5. The van der Waals surface area contributed by atoms with E-state index in [2.05, 4.69) is 13.0 Å². The molecule has 0 aromatic heterocycles. The monoisotopic (exact) mass is 483 g/mol. The predicted molar refractivity (Wildman–Crippen MR) is 139 cm³/mol. The van der Waals surface area contributed by atoms with Crippen molar-refractivity contribution in [2.24, 2.45) is 0 Å². The first-order valence-electron chi connectivity index (χ1n) is 12.9. The van der Waals surface area contributed by atoms with Gasteiger partial charge in [-0.15, -0.1) is 0 Å². The molecule has 2 aromatic rings. The van der Waals surface area contributed by atoms with Crippen molar-refractivity contribution in [1.29, 1.82) is 0 Å². The average molecular weight is 484 g/mol. The zero-order valence-electron chi connectivity index (χ0n) is 21.3. The lowest BCUT2D eigenvalue weighted by Crippen LogP contribution is -2.25. The van der Waals surface area contributed by atoms with Gasteiger partial charge in [0.15, 0.2) is 0 Å². The Labute approximate surface area is 209 Å². The summed E-state index contributed by atoms with van der Waals surface area (Å²) in [6.07, 6.45) is 8.16. The van der Waals surface area contributed by atoms with Crippen LogP contribution < -0.4 is 4.74 Å². The van der Waals surface area contributed by atoms with Crippen molar-refractivity contribution in [3.63, 3.8) is 0 Å². The summed E-state index contributed by atoms with van der Waals surface area (Å²) >= 11 is 0. The van der Waals surface area contributed by atoms with E-state index in [1.807, 2.05) is 43.4 Å². The zero-order valence-corrected chi connectivity index (χ0v) is 21.3. The van der Waals surface area contributed by atoms with Crippen LogP contribution in [0, 0.1) is 0 Å². The summed E-state index contributed by atoms with van der Waals surface area (Å²) in [5.41, 5.74) is 3.88. The number of ether oxygens (including phenoxy) is 1. The van der Waals surface area contributed by atoms with E-state index in [1.54, 1.807) is 4.90 Å². The Balaban J connectivity index is 2.11. The molecule has 1 amide bonds. The van der Waals surface area contributed by atoms with E-state index in [0.29, 0.717) is 38.2 Å². The second-order valence-corrected chi connectivity index (χ2v) is 9.12. The van der Waals surface area contributed by atoms with Gasteiger partial charge in [0, 0.05) is 38.6 Å². The molecule has 6 nitrogen and oxygen atoms in total. The first-order chi connectivity index (χ1) is 16.9. The zero-order chi connectivity index (χ0) is 25.5. The van der Waals surface area contributed by atoms with E-state index in [0.717, 1.165) is 41.5 Å². The number of unbranched alkanes of at least 4 members (excludes halogenated alkanes) is 5. The fraction of sp³-hybridized carbons (Fsp3) is 0.517. The third kappa shape index (κ3) is 10.5. The average Bonchev–Trinajstić information content (AvgIpc) is 2.85. The van der Waals surface area contributed by atoms with Gasteiger partial charge >= 0.3 is 5.97 Å². The van der Waals surface area contributed by atoms with Gasteiger partial charge in [-0.3, -0.25) is 9.59 Å². The highest BCUT2D eigenvalue weighted by Crippen LogP contribution is 2.32. The Morgan fingerprint density at radius 3 is 2.46 bits per heavy atom. The third-order valence-electron chi connectivity index (χ3n) is 6.06. The van der Waals surface area contributed by atoms with E-state index in [9.17, 15) is 9.59 Å². The minimum Gasteiger partial charge on any atom is -0.493 e. The Kier molecular flexibility index (Phi) is 12.9. The highest BCUT2D eigenvalue weighted by Gasteiger charge is 2.12. The summed E-state index contributed by atoms with van der Waals surface area (Å²) in [6, 6.07) is 13.9. The van der Waals surface area contributed by atoms with Gasteiger partial charge in [0.2, 0.25) is 5.91 Å². The van der Waals surface area contributed by atoms with Crippen molar-refractivity contribution in [1.82, 2.24) is 4.90 Å². The van der Waals surface area contributed by atoms with E-state index in [1.165, 1.54) is 19.3 Å². The Hall–Kier alpha value is -2.86. The lowest BCUT2D eigenvalue weighted by atomic mass is 9.99. The number of benzene rings is 2. The summed E-state index contributed by atoms with van der Waals surface area (Å²) in [6.45, 7) is 3.34. The number of rotatable bonds is 17. The van der Waals surface area contributed by atoms with Crippen LogP contribution in [0.5, 0.6) is 5.75 Å². The largest absolute Gasteiger partial charge is 0.493 e. The number of hydrogen-bond donors (Lipinski definition) is 2. The molecule has 0 aliphatic carbocycles. The van der Waals surface area contributed by atoms with Crippen molar-refractivity contribution < 1.29 is 24.5 Å². The van der Waals surface area contributed by atoms with E-state index in [4.69, 9.17) is 14.9 Å². The van der Waals surface area contributed by atoms with Gasteiger partial charge in [0.05, 0.1) is 6.61 Å². The van der Waals surface area contributed by atoms with Crippen molar-refractivity contribution in [2.75, 3.05) is 20.3 Å². The Morgan fingerprint density at radius 1 is 0.914 bits per heavy atom. The Bertz CT molecular complexity index is 927. The van der Waals surface area contributed by atoms with Crippen LogP contribution in [0.3, 0.4) is 0 Å². The number of hydrogen-bond acceptors (Lipinski definition) is 4. The van der Waals surface area contributed by atoms with Gasteiger partial charge in [0.1, 0.15) is 5.75 Å². The molecule has 6 heteroatoms. The van der Waals surface area contributed by atoms with Crippen LogP contribution in [0.4, 0.5) is 0 Å². The summed E-state index contributed by atoms with van der Waals surface area (Å²) in [5, 5.41) is 18.1. The molecule has 0 aliphatic heterocycles. The minimum atomic E-state index is -0.827. The van der Waals surface area contributed by atoms with Crippen LogP contribution in [0.2, 0.25) is 0 Å². The molecule has 35 heavy (non-hydrogen) atoms. The van der Waals surface area contributed by atoms with Crippen molar-refractivity contribution in [2.45, 2.75) is 77.7 Å². The normalized spacial score (nSPS) is 10.8. The van der Waals surface area contributed by atoms with Gasteiger partial charge in [-0.05, 0) is 54.5 Å². The molecule has 0 saturated carbocycles. The molecule has 0 atom stereocenters. The van der Waals surface area contributed by atoms with E-state index in [-0.39, 0.29) is 18.9 Å². The second kappa shape index (κ2) is 15.9. The maximum Gasteiger partial charge on any atom is 0.303 e. The van der Waals surface area contributed by atoms with Crippen LogP contribution in [-0.4, -0.2) is 47.3 Å². The number of nitrogens with zero attached hydrogens (tertiary/aromatic N) is 1. The molecule has 2 aromatic carbocycles. The SMILES string of the molecule is CCCCCCCC(=O)N(C)Cc1cccc(-c2ccc(CCC(=O)O)cc2OCCCCO)c1. The van der Waals surface area contributed by atoms with Crippen LogP contribution >= 0.6 is 0 Å². The molecule has 0 heterocycles. The number of aryl methyl sites for hydroxylation is 1. The first-order valence-corrected chi connectivity index (χ1v) is 12.9. The third-order valence-corrected chi connectivity index (χ3v) is 6.06. The Morgan fingerprint density at radius 2 is 1.71 bits per heavy atom. The number of carboxylic acid groups (broad SMARTS) is 1. The van der Waals surface area contributed by atoms with Crippen molar-refractivity contribution in [3.05, 3.63) is 53.6 Å². The molecule has 2 rings (SSSR count). The molecule has 0 spiro atoms. The van der Waals surface area contributed by atoms with Gasteiger partial charge < -0.3 is 19.8 Å². The van der Waals surface area contributed by atoms with Crippen LogP contribution in [-0.2, 0) is 22.6 Å². The number of amides is 1. The highest BCUT2D eigenvalue weighted by molar-refractivity contribution is 5.76. The number of aliphatic carboxylic acids is 1. The van der Waals surface area contributed by atoms with Crippen LogP contribution in [0.15, 0.2) is 42.5 Å². The van der Waals surface area contributed by atoms with E-state index < -0.39 is 5.97 Å². The molecular formula is C29H41NO5. The molecule has 0 saturated heterocycles. The number of carboxylic acids is 1. The smallest absolute Gasteiger partial charge is 0.303 e. The molecule has 0 aliphatic rings. The molecule has 192 valence electrons. The first kappa shape index (κ1) is 28.4. The van der Waals surface area contributed by atoms with Crippen molar-refractivity contribution in [3.8, 4) is 16.9 Å². The summed E-state index contributed by atoms with van der Waals surface area (Å²) < 4.78 is 6.05. The maximum atomic E-state index is 12.6. The van der Waals surface area contributed by atoms with E-state index >= 15 is 0 Å². The molecule has 0 bridgehead atoms. The quantitative estimate of drug-likeness (QED) is 0.276. The molecule has 0 unspecified atom stereocenters. The number of carbonyl (C=O) groups excluding carboxylic acids is 1. The second-order valence-electron chi connectivity index (χ2n) is 9.12. The topological polar surface area (TPSA) is 87.1 Å². The van der Waals surface area contributed by atoms with Gasteiger partial charge in [-0.1, -0.05) is 62.9 Å². The van der Waals surface area contributed by atoms with Crippen LogP contribution in [0.25, 0.3) is 11.1 Å². The number of aliphatic hydroxyl groups is 1. The summed E-state index contributed by atoms with van der Waals surface area (Å²) in [7, 11) is 1.86. The summed E-state index contributed by atoms with van der Waals surface area (Å²) in [4.78, 5) is 25.3. The molecule has 0 radical (unpaired) electrons. The number of carbonyl (C=O) groups is 2. The van der Waals surface area contributed by atoms with Gasteiger partial charge in [0.25, 0.3) is 0 Å². The van der Waals surface area contributed by atoms with Gasteiger partial charge in [-0.2, -0.15) is 0 Å². The van der Waals surface area contributed by atoms with Gasteiger partial charge in [-0.25, -0.2) is 0 Å². The lowest BCUT2D eigenvalue weighted by molar-refractivity contribution is -0.137. The molecule has 2 N–H and O–H groups in total.